The molecule has 3 nitrogen and oxygen atoms in total. The SMILES string of the molecule is CCC(N)Cc1c(Cl)cccc1N1CCN(CC)CC1. The predicted molar refractivity (Wildman–Crippen MR) is 87.7 cm³/mol. The smallest absolute Gasteiger partial charge is 0.0459 e. The maximum absolute atomic E-state index is 6.41. The molecule has 0 saturated carbocycles. The van der Waals surface area contributed by atoms with E-state index < -0.39 is 0 Å². The summed E-state index contributed by atoms with van der Waals surface area (Å²) in [6, 6.07) is 6.40. The average molecular weight is 296 g/mol. The van der Waals surface area contributed by atoms with E-state index in [1.54, 1.807) is 0 Å². The Balaban J connectivity index is 2.17. The molecule has 112 valence electrons. The lowest BCUT2D eigenvalue weighted by molar-refractivity contribution is 0.271. The van der Waals surface area contributed by atoms with Crippen LogP contribution in [0, 0.1) is 0 Å². The average Bonchev–Trinajstić information content (AvgIpc) is 2.49. The summed E-state index contributed by atoms with van der Waals surface area (Å²) in [7, 11) is 0. The van der Waals surface area contributed by atoms with Crippen molar-refractivity contribution in [2.75, 3.05) is 37.6 Å². The quantitative estimate of drug-likeness (QED) is 0.907. The van der Waals surface area contributed by atoms with Gasteiger partial charge in [0.25, 0.3) is 0 Å². The molecule has 0 amide bonds. The van der Waals surface area contributed by atoms with E-state index in [1.807, 2.05) is 12.1 Å². The summed E-state index contributed by atoms with van der Waals surface area (Å²) in [5, 5.41) is 0.851. The van der Waals surface area contributed by atoms with Crippen LogP contribution in [0.5, 0.6) is 0 Å². The van der Waals surface area contributed by atoms with Crippen LogP contribution in [-0.4, -0.2) is 43.7 Å². The number of likely N-dealkylation sites (N-methyl/N-ethyl adjacent to an activating group) is 1. The minimum absolute atomic E-state index is 0.186. The number of anilines is 1. The molecule has 1 aromatic rings. The highest BCUT2D eigenvalue weighted by Gasteiger charge is 2.20. The molecule has 0 bridgehead atoms. The number of rotatable bonds is 5. The minimum atomic E-state index is 0.186. The normalized spacial score (nSPS) is 18.3. The van der Waals surface area contributed by atoms with Crippen LogP contribution in [0.15, 0.2) is 18.2 Å². The van der Waals surface area contributed by atoms with Crippen LogP contribution >= 0.6 is 11.6 Å². The van der Waals surface area contributed by atoms with Crippen molar-refractivity contribution in [1.82, 2.24) is 4.90 Å². The van der Waals surface area contributed by atoms with Crippen LogP contribution in [-0.2, 0) is 6.42 Å². The lowest BCUT2D eigenvalue weighted by Gasteiger charge is -2.37. The second kappa shape index (κ2) is 7.30. The Bertz CT molecular complexity index is 428. The van der Waals surface area contributed by atoms with Crippen LogP contribution in [0.1, 0.15) is 25.8 Å². The third-order valence-corrected chi connectivity index (χ3v) is 4.60. The molecule has 1 aliphatic rings. The Morgan fingerprint density at radius 1 is 1.20 bits per heavy atom. The van der Waals surface area contributed by atoms with Gasteiger partial charge in [-0.05, 0) is 37.1 Å². The molecule has 2 rings (SSSR count). The van der Waals surface area contributed by atoms with Crippen molar-refractivity contribution >= 4 is 17.3 Å². The van der Waals surface area contributed by atoms with Crippen molar-refractivity contribution in [1.29, 1.82) is 0 Å². The lowest BCUT2D eigenvalue weighted by Crippen LogP contribution is -2.46. The first-order valence-electron chi connectivity index (χ1n) is 7.66. The number of benzene rings is 1. The molecular weight excluding hydrogens is 270 g/mol. The van der Waals surface area contributed by atoms with Crippen molar-refractivity contribution in [2.24, 2.45) is 5.73 Å². The van der Waals surface area contributed by atoms with E-state index in [2.05, 4.69) is 29.7 Å². The van der Waals surface area contributed by atoms with Gasteiger partial charge in [0, 0.05) is 42.9 Å². The third-order valence-electron chi connectivity index (χ3n) is 4.25. The van der Waals surface area contributed by atoms with Gasteiger partial charge in [0.05, 0.1) is 0 Å². The lowest BCUT2D eigenvalue weighted by atomic mass is 10.0. The zero-order valence-corrected chi connectivity index (χ0v) is 13.4. The van der Waals surface area contributed by atoms with Crippen LogP contribution in [0.3, 0.4) is 0 Å². The highest BCUT2D eigenvalue weighted by Crippen LogP contribution is 2.29. The molecule has 4 heteroatoms. The van der Waals surface area contributed by atoms with E-state index in [1.165, 1.54) is 11.3 Å². The van der Waals surface area contributed by atoms with Gasteiger partial charge >= 0.3 is 0 Å². The van der Waals surface area contributed by atoms with E-state index in [9.17, 15) is 0 Å². The molecule has 1 aromatic carbocycles. The molecule has 0 radical (unpaired) electrons. The van der Waals surface area contributed by atoms with Crippen molar-refractivity contribution in [3.8, 4) is 0 Å². The molecule has 1 atom stereocenters. The fourth-order valence-corrected chi connectivity index (χ4v) is 3.00. The Hall–Kier alpha value is -0.770. The van der Waals surface area contributed by atoms with Crippen LogP contribution < -0.4 is 10.6 Å². The topological polar surface area (TPSA) is 32.5 Å². The summed E-state index contributed by atoms with van der Waals surface area (Å²) in [5.41, 5.74) is 8.62. The summed E-state index contributed by atoms with van der Waals surface area (Å²) in [6.45, 7) is 9.88. The number of hydrogen-bond donors (Lipinski definition) is 1. The molecule has 20 heavy (non-hydrogen) atoms. The van der Waals surface area contributed by atoms with Gasteiger partial charge in [-0.15, -0.1) is 0 Å². The maximum Gasteiger partial charge on any atom is 0.0459 e. The van der Waals surface area contributed by atoms with E-state index in [4.69, 9.17) is 17.3 Å². The number of halogens is 1. The van der Waals surface area contributed by atoms with Crippen LogP contribution in [0.25, 0.3) is 0 Å². The Morgan fingerprint density at radius 3 is 2.50 bits per heavy atom. The first kappa shape index (κ1) is 15.6. The zero-order valence-electron chi connectivity index (χ0n) is 12.6. The number of nitrogens with two attached hydrogens (primary N) is 1. The molecule has 2 N–H and O–H groups in total. The molecule has 0 aliphatic carbocycles. The van der Waals surface area contributed by atoms with E-state index in [-0.39, 0.29) is 6.04 Å². The molecule has 1 aliphatic heterocycles. The van der Waals surface area contributed by atoms with Gasteiger partial charge in [-0.3, -0.25) is 0 Å². The molecule has 1 unspecified atom stereocenters. The fraction of sp³-hybridized carbons (Fsp3) is 0.625. The summed E-state index contributed by atoms with van der Waals surface area (Å²) >= 11 is 6.41. The zero-order chi connectivity index (χ0) is 14.5. The van der Waals surface area contributed by atoms with Gasteiger partial charge in [0.1, 0.15) is 0 Å². The molecule has 1 fully saturated rings. The van der Waals surface area contributed by atoms with Gasteiger partial charge in [-0.2, -0.15) is 0 Å². The van der Waals surface area contributed by atoms with Crippen molar-refractivity contribution in [2.45, 2.75) is 32.7 Å². The summed E-state index contributed by atoms with van der Waals surface area (Å²) < 4.78 is 0. The Labute approximate surface area is 127 Å². The number of hydrogen-bond acceptors (Lipinski definition) is 3. The molecule has 1 heterocycles. The third kappa shape index (κ3) is 3.66. The summed E-state index contributed by atoms with van der Waals surface area (Å²) in [6.07, 6.45) is 1.84. The largest absolute Gasteiger partial charge is 0.369 e. The second-order valence-corrected chi connectivity index (χ2v) is 5.94. The fourth-order valence-electron chi connectivity index (χ4n) is 2.76. The standard InChI is InChI=1S/C16H26ClN3/c1-3-13(18)12-14-15(17)6-5-7-16(14)20-10-8-19(4-2)9-11-20/h5-7,13H,3-4,8-12,18H2,1-2H3. The second-order valence-electron chi connectivity index (χ2n) is 5.53. The van der Waals surface area contributed by atoms with Crippen molar-refractivity contribution in [3.05, 3.63) is 28.8 Å². The van der Waals surface area contributed by atoms with E-state index >= 15 is 0 Å². The number of piperazine rings is 1. The van der Waals surface area contributed by atoms with Gasteiger partial charge in [0.2, 0.25) is 0 Å². The Morgan fingerprint density at radius 2 is 1.90 bits per heavy atom. The van der Waals surface area contributed by atoms with Gasteiger partial charge < -0.3 is 15.5 Å². The first-order valence-corrected chi connectivity index (χ1v) is 8.03. The monoisotopic (exact) mass is 295 g/mol. The maximum atomic E-state index is 6.41. The highest BCUT2D eigenvalue weighted by atomic mass is 35.5. The van der Waals surface area contributed by atoms with E-state index in [0.29, 0.717) is 0 Å². The van der Waals surface area contributed by atoms with Gasteiger partial charge in [0.15, 0.2) is 0 Å². The van der Waals surface area contributed by atoms with Crippen LogP contribution in [0.2, 0.25) is 5.02 Å². The highest BCUT2D eigenvalue weighted by molar-refractivity contribution is 6.31. The predicted octanol–water partition coefficient (Wildman–Crippen LogP) is 2.76. The molecule has 0 spiro atoms. The molecular formula is C16H26ClN3. The van der Waals surface area contributed by atoms with E-state index in [0.717, 1.165) is 50.6 Å². The van der Waals surface area contributed by atoms with Crippen molar-refractivity contribution < 1.29 is 0 Å². The van der Waals surface area contributed by atoms with Gasteiger partial charge in [-0.25, -0.2) is 0 Å². The molecule has 1 saturated heterocycles. The van der Waals surface area contributed by atoms with Crippen LogP contribution in [0.4, 0.5) is 5.69 Å². The van der Waals surface area contributed by atoms with Gasteiger partial charge in [-0.1, -0.05) is 31.5 Å². The molecule has 0 aromatic heterocycles. The summed E-state index contributed by atoms with van der Waals surface area (Å²) in [5.74, 6) is 0. The summed E-state index contributed by atoms with van der Waals surface area (Å²) in [4.78, 5) is 4.94. The minimum Gasteiger partial charge on any atom is -0.369 e. The Kier molecular flexibility index (Phi) is 5.70. The number of nitrogens with zero attached hydrogens (tertiary/aromatic N) is 2. The van der Waals surface area contributed by atoms with Crippen molar-refractivity contribution in [3.63, 3.8) is 0 Å². The first-order chi connectivity index (χ1) is 9.65.